The van der Waals surface area contributed by atoms with E-state index in [-0.39, 0.29) is 11.1 Å². The highest BCUT2D eigenvalue weighted by Gasteiger charge is 2.71. The lowest BCUT2D eigenvalue weighted by Gasteiger charge is -2.65. The van der Waals surface area contributed by atoms with E-state index in [1.165, 1.54) is 0 Å². The standard InChI is InChI=1S/C44H108N2Si12/c1-37(2)57(39(49(11,12)13)50(14,15)16,40(51(17,18)19)52(20,21)22)47(35-45-43(5,6)7)48(36-46-44(8,9)10)58(38(3)4,41(53(23,24)25)54(26,27)28)42(55(29,30)31)56(32,33)34/h37-42H,1-34H3. The summed E-state index contributed by atoms with van der Waals surface area (Å²) in [5, 5.41) is 0. The average Bonchev–Trinajstić information content (AvgIpc) is 2.81. The minimum atomic E-state index is -2.38. The molecule has 0 aliphatic carbocycles. The predicted molar refractivity (Wildman–Crippen MR) is 309 cm³/mol. The van der Waals surface area contributed by atoms with Crippen LogP contribution in [0.25, 0.3) is 0 Å². The van der Waals surface area contributed by atoms with Gasteiger partial charge in [0.15, 0.2) is 0 Å². The molecule has 0 aromatic rings. The van der Waals surface area contributed by atoms with Crippen LogP contribution in [0, 0.1) is 0 Å². The zero-order chi connectivity index (χ0) is 47.4. The van der Waals surface area contributed by atoms with Gasteiger partial charge in [0.2, 0.25) is 0 Å². The molecule has 2 nitrogen and oxygen atoms in total. The second-order valence-electron chi connectivity index (χ2n) is 30.4. The summed E-state index contributed by atoms with van der Waals surface area (Å²) in [5.41, 5.74) is 10.6. The van der Waals surface area contributed by atoms with Crippen molar-refractivity contribution < 1.29 is 0 Å². The van der Waals surface area contributed by atoms with Crippen LogP contribution in [0.2, 0.25) is 187 Å². The van der Waals surface area contributed by atoms with Crippen LogP contribution in [-0.4, -0.2) is 117 Å². The van der Waals surface area contributed by atoms with Gasteiger partial charge in [0.05, 0.1) is 41.1 Å². The molecule has 0 amide bonds. The molecule has 58 heavy (non-hydrogen) atoms. The van der Waals surface area contributed by atoms with Crippen molar-refractivity contribution in [3.05, 3.63) is 0 Å². The largest absolute Gasteiger partial charge is 0.246 e. The third-order valence-electron chi connectivity index (χ3n) is 12.9. The van der Waals surface area contributed by atoms with Crippen LogP contribution in [0.1, 0.15) is 69.2 Å². The molecule has 0 aliphatic heterocycles. The van der Waals surface area contributed by atoms with E-state index in [4.69, 9.17) is 20.9 Å². The lowest BCUT2D eigenvalue weighted by Crippen LogP contribution is -2.82. The van der Waals surface area contributed by atoms with Gasteiger partial charge in [-0.2, -0.15) is 0 Å². The Bertz CT molecular complexity index is 1280. The van der Waals surface area contributed by atoms with E-state index in [9.17, 15) is 0 Å². The highest BCUT2D eigenvalue weighted by atomic mass is 29.8. The summed E-state index contributed by atoms with van der Waals surface area (Å²) >= 11 is 0. The van der Waals surface area contributed by atoms with Crippen LogP contribution in [0.15, 0.2) is 9.98 Å². The second kappa shape index (κ2) is 18.9. The van der Waals surface area contributed by atoms with Gasteiger partial charge in [-0.05, 0) is 41.5 Å². The van der Waals surface area contributed by atoms with Gasteiger partial charge in [0.25, 0.3) is 0 Å². The van der Waals surface area contributed by atoms with Crippen LogP contribution in [0.5, 0.6) is 0 Å². The lowest BCUT2D eigenvalue weighted by atomic mass is 10.1. The molecule has 0 unspecified atom stereocenters. The van der Waals surface area contributed by atoms with Crippen molar-refractivity contribution in [2.24, 2.45) is 9.98 Å². The summed E-state index contributed by atoms with van der Waals surface area (Å²) in [6, 6.07) is 0. The van der Waals surface area contributed by atoms with E-state index >= 15 is 0 Å². The Morgan fingerprint density at radius 2 is 0.448 bits per heavy atom. The number of nitrogens with zero attached hydrogens (tertiary/aromatic N) is 2. The maximum absolute atomic E-state index is 5.91. The number of hydrogen-bond donors (Lipinski definition) is 0. The predicted octanol–water partition coefficient (Wildman–Crippen LogP) is 16.0. The molecule has 0 aromatic carbocycles. The van der Waals surface area contributed by atoms with Gasteiger partial charge in [-0.15, -0.1) is 0 Å². The average molecular weight is 1000 g/mol. The van der Waals surface area contributed by atoms with Gasteiger partial charge in [-0.1, -0.05) is 226 Å². The summed E-state index contributed by atoms with van der Waals surface area (Å²) in [5.74, 6) is 0. The Kier molecular flexibility index (Phi) is 19.5. The van der Waals surface area contributed by atoms with Crippen LogP contribution < -0.4 is 0 Å². The second-order valence-corrected chi connectivity index (χ2v) is 104. The molecule has 0 N–H and O–H groups in total. The summed E-state index contributed by atoms with van der Waals surface area (Å²) in [7, 11) is -21.5. The first-order valence-corrected chi connectivity index (χ1v) is 62.6. The summed E-state index contributed by atoms with van der Waals surface area (Å²) in [4.78, 5) is 15.4. The van der Waals surface area contributed by atoms with Crippen molar-refractivity contribution in [3.63, 3.8) is 0 Å². The summed E-state index contributed by atoms with van der Waals surface area (Å²) < 4.78 is 0. The van der Waals surface area contributed by atoms with Crippen molar-refractivity contribution in [1.82, 2.24) is 0 Å². The van der Waals surface area contributed by atoms with E-state index in [1.54, 1.807) is 0 Å². The maximum Gasteiger partial charge on any atom is 0.0959 e. The van der Waals surface area contributed by atoms with E-state index in [1.807, 2.05) is 0 Å². The van der Waals surface area contributed by atoms with Gasteiger partial charge in [0, 0.05) is 64.6 Å². The van der Waals surface area contributed by atoms with Crippen molar-refractivity contribution in [1.29, 1.82) is 0 Å². The van der Waals surface area contributed by atoms with E-state index in [0.717, 1.165) is 19.2 Å². The smallest absolute Gasteiger partial charge is 0.0959 e. The Balaban J connectivity index is 11.3. The first-order valence-electron chi connectivity index (χ1n) is 23.5. The van der Waals surface area contributed by atoms with Gasteiger partial charge >= 0.3 is 0 Å². The Morgan fingerprint density at radius 3 is 0.534 bits per heavy atom. The normalized spacial score (nSPS) is 15.5. The van der Waals surface area contributed by atoms with Crippen molar-refractivity contribution >= 4 is 106 Å². The lowest BCUT2D eigenvalue weighted by molar-refractivity contribution is 0.587. The minimum absolute atomic E-state index is 0.154. The molecule has 0 heterocycles. The topological polar surface area (TPSA) is 24.7 Å². The molecule has 14 heteroatoms. The molecule has 0 bridgehead atoms. The molecule has 0 radical (unpaired) electrons. The Morgan fingerprint density at radius 1 is 0.310 bits per heavy atom. The minimum Gasteiger partial charge on any atom is -0.246 e. The first kappa shape index (κ1) is 59.8. The summed E-state index contributed by atoms with van der Waals surface area (Å²) in [6.45, 7) is 93.9. The monoisotopic (exact) mass is 1000 g/mol. The van der Waals surface area contributed by atoms with Gasteiger partial charge in [-0.25, -0.2) is 9.98 Å². The zero-order valence-electron chi connectivity index (χ0n) is 46.4. The van der Waals surface area contributed by atoms with E-state index in [2.05, 4.69) is 226 Å². The van der Waals surface area contributed by atoms with Crippen LogP contribution in [-0.2, 0) is 0 Å². The van der Waals surface area contributed by atoms with Gasteiger partial charge < -0.3 is 0 Å². The van der Waals surface area contributed by atoms with Crippen molar-refractivity contribution in [2.75, 3.05) is 0 Å². The SMILES string of the molecule is CC(C)[Si](C([Si](C)(C)C)[Si](C)(C)C)(C([Si](C)(C)C)[Si](C)(C)C)[Si](=C=NC(C)(C)C)[Si](=C=NC(C)(C)C)[Si](C(C)C)(C([Si](C)(C)C)[Si](C)(C)C)C([Si](C)(C)C)[Si](C)(C)C. The van der Waals surface area contributed by atoms with Crippen molar-refractivity contribution in [3.8, 4) is 0 Å². The molecule has 0 spiro atoms. The van der Waals surface area contributed by atoms with Crippen LogP contribution in [0.4, 0.5) is 0 Å². The van der Waals surface area contributed by atoms with Crippen molar-refractivity contribution in [2.45, 2.75) is 268 Å². The number of hydrogen-bond acceptors (Lipinski definition) is 2. The third kappa shape index (κ3) is 14.4. The highest BCUT2D eigenvalue weighted by molar-refractivity contribution is 7.76. The molecular weight excluding hydrogens is 894 g/mol. The van der Waals surface area contributed by atoms with Gasteiger partial charge in [0.1, 0.15) is 0 Å². The molecule has 0 rings (SSSR count). The molecule has 0 atom stereocenters. The number of rotatable bonds is 17. The third-order valence-corrected chi connectivity index (χ3v) is 127. The molecule has 0 aromatic heterocycles. The molecule has 0 saturated carbocycles. The molecule has 0 saturated heterocycles. The molecular formula is C44H108N2Si12. The molecule has 0 aliphatic rings. The number of aliphatic imine (C=N–C) groups is 2. The molecule has 0 fully saturated rings. The van der Waals surface area contributed by atoms with E-state index in [0.29, 0.717) is 11.1 Å². The van der Waals surface area contributed by atoms with Crippen LogP contribution in [0.3, 0.4) is 0 Å². The van der Waals surface area contributed by atoms with Crippen LogP contribution >= 0.6 is 0 Å². The quantitative estimate of drug-likeness (QED) is 0.102. The fraction of sp³-hybridized carbons (Fsp3) is 0.955. The first-order chi connectivity index (χ1) is 24.8. The van der Waals surface area contributed by atoms with Gasteiger partial charge in [-0.3, -0.25) is 0 Å². The Labute approximate surface area is 380 Å². The molecule has 342 valence electrons. The zero-order valence-corrected chi connectivity index (χ0v) is 58.4. The fourth-order valence-corrected chi connectivity index (χ4v) is 221. The Hall–Kier alpha value is 1.76. The fourth-order valence-electron chi connectivity index (χ4n) is 14.9. The summed E-state index contributed by atoms with van der Waals surface area (Å²) in [6.07, 6.45) is 0. The maximum atomic E-state index is 5.91. The highest BCUT2D eigenvalue weighted by Crippen LogP contribution is 2.60. The van der Waals surface area contributed by atoms with E-state index < -0.39 is 94.7 Å².